The normalized spacial score (nSPS) is 11.3. The van der Waals surface area contributed by atoms with Crippen LogP contribution in [0.1, 0.15) is 63.1 Å². The van der Waals surface area contributed by atoms with E-state index in [2.05, 4.69) is 0 Å². The topological polar surface area (TPSA) is 154 Å². The maximum atomic E-state index is 14.3. The minimum Gasteiger partial charge on any atom is -0.332 e. The van der Waals surface area contributed by atoms with Crippen LogP contribution in [0, 0.1) is 5.41 Å². The molecule has 0 fully saturated rings. The molecule has 56 heavy (non-hydrogen) atoms. The maximum absolute atomic E-state index is 14.3. The molecule has 0 radical (unpaired) electrons. The van der Waals surface area contributed by atoms with Gasteiger partial charge in [-0.3, -0.25) is 28.9 Å². The largest absolute Gasteiger partial charge is 0.332 e. The number of likely N-dealkylation sites (N-methyl/N-ethyl adjacent to an activating group) is 1. The Hall–Kier alpha value is -4.91. The fourth-order valence-corrected chi connectivity index (χ4v) is 5.98. The molecule has 3 rings (SSSR count). The van der Waals surface area contributed by atoms with Gasteiger partial charge < -0.3 is 31.1 Å². The molecule has 0 heterocycles. The lowest BCUT2D eigenvalue weighted by Crippen LogP contribution is -2.50. The van der Waals surface area contributed by atoms with Gasteiger partial charge in [-0.2, -0.15) is 0 Å². The van der Waals surface area contributed by atoms with Gasteiger partial charge in [-0.1, -0.05) is 112 Å². The summed E-state index contributed by atoms with van der Waals surface area (Å²) in [4.78, 5) is 77.5. The number of unbranched alkanes of at least 4 members (excludes halogenated alkanes) is 2. The molecule has 0 spiro atoms. The van der Waals surface area contributed by atoms with Crippen LogP contribution in [0.3, 0.4) is 0 Å². The number of carbonyl (C=O) groups is 5. The molecule has 0 saturated heterocycles. The molecular formula is C44H63N7O5. The quantitative estimate of drug-likeness (QED) is 0.130. The Morgan fingerprint density at radius 3 is 1.20 bits per heavy atom. The first kappa shape index (κ1) is 45.5. The number of nitrogens with zero attached hydrogens (tertiary/aromatic N) is 5. The third-order valence-electron chi connectivity index (χ3n) is 9.49. The minimum atomic E-state index is -0.672. The standard InChI is InChI=1S/C44H63N7O5/c1-44(2,3)39(52)31-49(28-36-18-8-5-9-19-36)43(56)35-51(30-38-22-12-7-13-23-38)42(55)33-48(27-17-15-25-46)41(54)34-50(29-37-20-10-6-11-21-37)40(53)32-47(4)26-16-14-24-45/h5-13,18-23H,14-17,24-35,45-46H2,1-4H3. The Kier molecular flexibility index (Phi) is 19.4. The van der Waals surface area contributed by atoms with Gasteiger partial charge in [-0.05, 0) is 69.1 Å². The van der Waals surface area contributed by atoms with Gasteiger partial charge in [0.15, 0.2) is 5.78 Å². The van der Waals surface area contributed by atoms with Crippen molar-refractivity contribution in [1.82, 2.24) is 24.5 Å². The van der Waals surface area contributed by atoms with Crippen molar-refractivity contribution in [3.05, 3.63) is 108 Å². The molecule has 0 bridgehead atoms. The van der Waals surface area contributed by atoms with E-state index in [9.17, 15) is 24.0 Å². The SMILES string of the molecule is CN(CCCCN)CC(=O)N(CC(=O)N(CCCCN)CC(=O)N(CC(=O)N(CC(=O)C(C)(C)C)Cc1ccccc1)Cc1ccccc1)Cc1ccccc1. The van der Waals surface area contributed by atoms with Crippen molar-refractivity contribution in [2.75, 3.05) is 66.0 Å². The fraction of sp³-hybridized carbons (Fsp3) is 0.477. The Balaban J connectivity index is 1.89. The lowest BCUT2D eigenvalue weighted by molar-refractivity contribution is -0.147. The second-order valence-corrected chi connectivity index (χ2v) is 15.4. The average molecular weight is 770 g/mol. The first-order valence-corrected chi connectivity index (χ1v) is 19.7. The predicted octanol–water partition coefficient (Wildman–Crippen LogP) is 3.93. The Bertz CT molecular complexity index is 1650. The van der Waals surface area contributed by atoms with Crippen molar-refractivity contribution in [2.45, 2.75) is 66.1 Å². The lowest BCUT2D eigenvalue weighted by Gasteiger charge is -2.32. The van der Waals surface area contributed by atoms with Gasteiger partial charge >= 0.3 is 0 Å². The van der Waals surface area contributed by atoms with E-state index < -0.39 is 11.3 Å². The van der Waals surface area contributed by atoms with Crippen LogP contribution in [0.15, 0.2) is 91.0 Å². The van der Waals surface area contributed by atoms with Gasteiger partial charge in [-0.25, -0.2) is 0 Å². The summed E-state index contributed by atoms with van der Waals surface area (Å²) in [6.45, 7) is 7.15. The third kappa shape index (κ3) is 16.4. The number of benzene rings is 3. The van der Waals surface area contributed by atoms with E-state index in [-0.39, 0.29) is 82.4 Å². The monoisotopic (exact) mass is 769 g/mol. The highest BCUT2D eigenvalue weighted by Gasteiger charge is 2.30. The summed E-state index contributed by atoms with van der Waals surface area (Å²) in [6.07, 6.45) is 2.90. The Labute approximate surface area is 333 Å². The second-order valence-electron chi connectivity index (χ2n) is 15.4. The number of hydrogen-bond donors (Lipinski definition) is 2. The van der Waals surface area contributed by atoms with Gasteiger partial charge in [0.2, 0.25) is 23.6 Å². The second kappa shape index (κ2) is 23.9. The molecule has 0 atom stereocenters. The maximum Gasteiger partial charge on any atom is 0.242 e. The third-order valence-corrected chi connectivity index (χ3v) is 9.49. The van der Waals surface area contributed by atoms with E-state index >= 15 is 0 Å². The van der Waals surface area contributed by atoms with Crippen LogP contribution in [-0.2, 0) is 43.6 Å². The molecule has 3 aromatic carbocycles. The molecule has 0 aliphatic heterocycles. The zero-order chi connectivity index (χ0) is 40.9. The number of ketones is 1. The minimum absolute atomic E-state index is 0.101. The van der Waals surface area contributed by atoms with Crippen LogP contribution in [-0.4, -0.2) is 120 Å². The molecule has 4 N–H and O–H groups in total. The summed E-state index contributed by atoms with van der Waals surface area (Å²) in [5.41, 5.74) is 13.4. The fourth-order valence-electron chi connectivity index (χ4n) is 5.98. The number of Topliss-reactive ketones (excluding diaryl/α,β-unsaturated/α-hetero) is 1. The first-order valence-electron chi connectivity index (χ1n) is 19.7. The number of hydrogen-bond acceptors (Lipinski definition) is 8. The van der Waals surface area contributed by atoms with E-state index in [0.717, 1.165) is 29.5 Å². The van der Waals surface area contributed by atoms with Crippen LogP contribution in [0.4, 0.5) is 0 Å². The number of rotatable bonds is 24. The number of amides is 4. The highest BCUT2D eigenvalue weighted by Crippen LogP contribution is 2.18. The van der Waals surface area contributed by atoms with Crippen molar-refractivity contribution in [3.8, 4) is 0 Å². The summed E-state index contributed by atoms with van der Waals surface area (Å²) in [5, 5.41) is 0. The predicted molar refractivity (Wildman–Crippen MR) is 221 cm³/mol. The molecule has 0 aliphatic carbocycles. The van der Waals surface area contributed by atoms with Gasteiger partial charge in [0, 0.05) is 31.6 Å². The first-order chi connectivity index (χ1) is 26.8. The van der Waals surface area contributed by atoms with Crippen LogP contribution < -0.4 is 11.5 Å². The molecule has 0 aliphatic rings. The van der Waals surface area contributed by atoms with Crippen LogP contribution in [0.25, 0.3) is 0 Å². The van der Waals surface area contributed by atoms with Crippen molar-refractivity contribution < 1.29 is 24.0 Å². The van der Waals surface area contributed by atoms with E-state index in [1.165, 1.54) is 19.6 Å². The zero-order valence-corrected chi connectivity index (χ0v) is 33.9. The number of carbonyl (C=O) groups excluding carboxylic acids is 5. The summed E-state index contributed by atoms with van der Waals surface area (Å²) in [6, 6.07) is 28.3. The van der Waals surface area contributed by atoms with Crippen molar-refractivity contribution in [2.24, 2.45) is 16.9 Å². The number of nitrogens with two attached hydrogens (primary N) is 2. The van der Waals surface area contributed by atoms with Gasteiger partial charge in [0.1, 0.15) is 13.1 Å². The zero-order valence-electron chi connectivity index (χ0n) is 33.9. The summed E-state index contributed by atoms with van der Waals surface area (Å²) >= 11 is 0. The average Bonchev–Trinajstić information content (AvgIpc) is 3.17. The van der Waals surface area contributed by atoms with Gasteiger partial charge in [-0.15, -0.1) is 0 Å². The van der Waals surface area contributed by atoms with Crippen molar-refractivity contribution in [1.29, 1.82) is 0 Å². The molecule has 304 valence electrons. The van der Waals surface area contributed by atoms with Crippen LogP contribution in [0.5, 0.6) is 0 Å². The Morgan fingerprint density at radius 2 is 0.804 bits per heavy atom. The lowest BCUT2D eigenvalue weighted by atomic mass is 9.90. The molecule has 0 aromatic heterocycles. The molecular weight excluding hydrogens is 707 g/mol. The summed E-state index contributed by atoms with van der Waals surface area (Å²) in [7, 11) is 1.87. The highest BCUT2D eigenvalue weighted by atomic mass is 16.2. The van der Waals surface area contributed by atoms with E-state index in [1.54, 1.807) is 0 Å². The highest BCUT2D eigenvalue weighted by molar-refractivity contribution is 5.92. The molecule has 12 heteroatoms. The molecule has 12 nitrogen and oxygen atoms in total. The smallest absolute Gasteiger partial charge is 0.242 e. The molecule has 4 amide bonds. The molecule has 3 aromatic rings. The summed E-state index contributed by atoms with van der Waals surface area (Å²) < 4.78 is 0. The van der Waals surface area contributed by atoms with Gasteiger partial charge in [0.05, 0.1) is 19.6 Å². The van der Waals surface area contributed by atoms with Crippen molar-refractivity contribution in [3.63, 3.8) is 0 Å². The van der Waals surface area contributed by atoms with Crippen LogP contribution >= 0.6 is 0 Å². The molecule has 0 saturated carbocycles. The van der Waals surface area contributed by atoms with Crippen LogP contribution in [0.2, 0.25) is 0 Å². The molecule has 0 unspecified atom stereocenters. The van der Waals surface area contributed by atoms with E-state index in [1.807, 2.05) is 124 Å². The van der Waals surface area contributed by atoms with Crippen molar-refractivity contribution >= 4 is 29.4 Å². The van der Waals surface area contributed by atoms with E-state index in [0.29, 0.717) is 32.5 Å². The van der Waals surface area contributed by atoms with Gasteiger partial charge in [0.25, 0.3) is 0 Å². The van der Waals surface area contributed by atoms with E-state index in [4.69, 9.17) is 11.5 Å². The Morgan fingerprint density at radius 1 is 0.464 bits per heavy atom. The summed E-state index contributed by atoms with van der Waals surface area (Å²) in [5.74, 6) is -1.49.